The maximum absolute atomic E-state index is 6.28. The molecule has 3 fully saturated rings. The Hall–Kier alpha value is -0.730. The summed E-state index contributed by atoms with van der Waals surface area (Å²) >= 11 is 6.28. The molecule has 21 heavy (non-hydrogen) atoms. The number of methoxy groups -OCH3 is 1. The maximum atomic E-state index is 6.28. The normalized spacial score (nSPS) is 25.2. The van der Waals surface area contributed by atoms with E-state index in [1.54, 1.807) is 7.11 Å². The fourth-order valence-electron chi connectivity index (χ4n) is 4.55. The highest BCUT2D eigenvalue weighted by Crippen LogP contribution is 2.65. The second-order valence-corrected chi connectivity index (χ2v) is 7.92. The molecule has 1 spiro atoms. The highest BCUT2D eigenvalue weighted by Gasteiger charge is 2.58. The van der Waals surface area contributed by atoms with Crippen LogP contribution in [0.3, 0.4) is 0 Å². The second kappa shape index (κ2) is 4.89. The average Bonchev–Trinajstić information content (AvgIpc) is 3.20. The Kier molecular flexibility index (Phi) is 3.24. The molecule has 1 N–H and O–H groups in total. The average molecular weight is 306 g/mol. The van der Waals surface area contributed by atoms with Crippen LogP contribution >= 0.6 is 11.6 Å². The Labute approximate surface area is 132 Å². The molecule has 3 saturated carbocycles. The molecular formula is C18H24ClNO. The summed E-state index contributed by atoms with van der Waals surface area (Å²) in [7, 11) is 1.77. The number of benzene rings is 1. The molecule has 0 unspecified atom stereocenters. The third-order valence-electron chi connectivity index (χ3n) is 5.88. The van der Waals surface area contributed by atoms with Crippen LogP contribution < -0.4 is 10.1 Å². The van der Waals surface area contributed by atoms with E-state index in [0.717, 1.165) is 23.4 Å². The van der Waals surface area contributed by atoms with Gasteiger partial charge in [-0.15, -0.1) is 0 Å². The molecule has 0 amide bonds. The van der Waals surface area contributed by atoms with E-state index in [-0.39, 0.29) is 5.41 Å². The van der Waals surface area contributed by atoms with Crippen LogP contribution in [0.5, 0.6) is 5.75 Å². The van der Waals surface area contributed by atoms with Crippen molar-refractivity contribution in [1.82, 2.24) is 5.32 Å². The number of hydrogen-bond donors (Lipinski definition) is 1. The SMILES string of the molecule is COc1ccc(Cl)cc1C1(CNC2CC2)CC2(CCC2)C1. The molecule has 0 heterocycles. The summed E-state index contributed by atoms with van der Waals surface area (Å²) in [4.78, 5) is 0. The van der Waals surface area contributed by atoms with Gasteiger partial charge in [-0.1, -0.05) is 18.0 Å². The summed E-state index contributed by atoms with van der Waals surface area (Å²) in [6.07, 6.45) is 9.54. The number of nitrogens with one attached hydrogen (secondary N) is 1. The van der Waals surface area contributed by atoms with Crippen molar-refractivity contribution in [2.45, 2.75) is 56.4 Å². The maximum Gasteiger partial charge on any atom is 0.122 e. The van der Waals surface area contributed by atoms with Crippen LogP contribution in [-0.4, -0.2) is 19.7 Å². The highest BCUT2D eigenvalue weighted by atomic mass is 35.5. The predicted octanol–water partition coefficient (Wildman–Crippen LogP) is 4.30. The Morgan fingerprint density at radius 2 is 2.05 bits per heavy atom. The van der Waals surface area contributed by atoms with Gasteiger partial charge in [0.25, 0.3) is 0 Å². The van der Waals surface area contributed by atoms with E-state index in [0.29, 0.717) is 5.41 Å². The van der Waals surface area contributed by atoms with Gasteiger partial charge in [0.1, 0.15) is 5.75 Å². The Bertz CT molecular complexity index is 540. The van der Waals surface area contributed by atoms with Gasteiger partial charge in [-0.05, 0) is 62.1 Å². The smallest absolute Gasteiger partial charge is 0.122 e. The van der Waals surface area contributed by atoms with E-state index in [4.69, 9.17) is 16.3 Å². The highest BCUT2D eigenvalue weighted by molar-refractivity contribution is 6.30. The van der Waals surface area contributed by atoms with E-state index in [2.05, 4.69) is 11.4 Å². The number of halogens is 1. The van der Waals surface area contributed by atoms with Crippen LogP contribution in [0.25, 0.3) is 0 Å². The lowest BCUT2D eigenvalue weighted by atomic mass is 9.43. The van der Waals surface area contributed by atoms with Gasteiger partial charge in [0.2, 0.25) is 0 Å². The third kappa shape index (κ3) is 2.37. The van der Waals surface area contributed by atoms with Crippen LogP contribution in [0.4, 0.5) is 0 Å². The van der Waals surface area contributed by atoms with E-state index < -0.39 is 0 Å². The molecule has 0 bridgehead atoms. The van der Waals surface area contributed by atoms with Crippen LogP contribution in [0.2, 0.25) is 5.02 Å². The van der Waals surface area contributed by atoms with Gasteiger partial charge >= 0.3 is 0 Å². The number of hydrogen-bond acceptors (Lipinski definition) is 2. The van der Waals surface area contributed by atoms with E-state index in [9.17, 15) is 0 Å². The molecule has 0 atom stereocenters. The molecule has 0 aliphatic heterocycles. The first-order valence-corrected chi connectivity index (χ1v) is 8.60. The summed E-state index contributed by atoms with van der Waals surface area (Å²) in [5.41, 5.74) is 2.20. The molecule has 0 radical (unpaired) electrons. The molecule has 3 aliphatic rings. The standard InChI is InChI=1S/C18H24ClNO/c1-21-16-6-3-13(19)9-15(16)18(12-20-14-4-5-14)10-17(11-18)7-2-8-17/h3,6,9,14,20H,2,4-5,7-8,10-12H2,1H3. The summed E-state index contributed by atoms with van der Waals surface area (Å²) in [6.45, 7) is 1.08. The lowest BCUT2D eigenvalue weighted by Gasteiger charge is -2.62. The van der Waals surface area contributed by atoms with Gasteiger partial charge in [-0.3, -0.25) is 0 Å². The zero-order chi connectivity index (χ0) is 14.5. The molecule has 3 aliphatic carbocycles. The van der Waals surface area contributed by atoms with Gasteiger partial charge < -0.3 is 10.1 Å². The number of ether oxygens (including phenoxy) is 1. The fourth-order valence-corrected chi connectivity index (χ4v) is 4.72. The van der Waals surface area contributed by atoms with E-state index in [1.807, 2.05) is 12.1 Å². The summed E-state index contributed by atoms with van der Waals surface area (Å²) < 4.78 is 5.64. The zero-order valence-corrected chi connectivity index (χ0v) is 13.5. The van der Waals surface area contributed by atoms with Gasteiger partial charge in [-0.2, -0.15) is 0 Å². The molecule has 114 valence electrons. The Balaban J connectivity index is 1.63. The molecule has 0 aromatic heterocycles. The summed E-state index contributed by atoms with van der Waals surface area (Å²) in [6, 6.07) is 6.86. The molecule has 3 heteroatoms. The van der Waals surface area contributed by atoms with Crippen molar-refractivity contribution in [3.63, 3.8) is 0 Å². The predicted molar refractivity (Wildman–Crippen MR) is 86.2 cm³/mol. The van der Waals surface area contributed by atoms with Crippen molar-refractivity contribution in [2.75, 3.05) is 13.7 Å². The van der Waals surface area contributed by atoms with E-state index >= 15 is 0 Å². The van der Waals surface area contributed by atoms with Gasteiger partial charge in [0.05, 0.1) is 7.11 Å². The molecule has 1 aromatic carbocycles. The lowest BCUT2D eigenvalue weighted by Crippen LogP contribution is -2.57. The Morgan fingerprint density at radius 3 is 2.62 bits per heavy atom. The minimum Gasteiger partial charge on any atom is -0.496 e. The molecule has 0 saturated heterocycles. The van der Waals surface area contributed by atoms with Crippen molar-refractivity contribution in [3.05, 3.63) is 28.8 Å². The molecule has 1 aromatic rings. The summed E-state index contributed by atoms with van der Waals surface area (Å²) in [5, 5.41) is 4.58. The van der Waals surface area contributed by atoms with Gasteiger partial charge in [-0.25, -0.2) is 0 Å². The monoisotopic (exact) mass is 305 g/mol. The molecular weight excluding hydrogens is 282 g/mol. The van der Waals surface area contributed by atoms with Crippen molar-refractivity contribution < 1.29 is 4.74 Å². The first-order chi connectivity index (χ1) is 10.1. The van der Waals surface area contributed by atoms with Crippen molar-refractivity contribution in [1.29, 1.82) is 0 Å². The first kappa shape index (κ1) is 13.9. The van der Waals surface area contributed by atoms with Crippen molar-refractivity contribution >= 4 is 11.6 Å². The largest absolute Gasteiger partial charge is 0.496 e. The summed E-state index contributed by atoms with van der Waals surface area (Å²) in [5.74, 6) is 1.01. The minimum absolute atomic E-state index is 0.235. The van der Waals surface area contributed by atoms with Crippen LogP contribution in [0.15, 0.2) is 18.2 Å². The third-order valence-corrected chi connectivity index (χ3v) is 6.12. The Morgan fingerprint density at radius 1 is 1.29 bits per heavy atom. The van der Waals surface area contributed by atoms with Crippen molar-refractivity contribution in [2.24, 2.45) is 5.41 Å². The topological polar surface area (TPSA) is 21.3 Å². The first-order valence-electron chi connectivity index (χ1n) is 8.22. The molecule has 2 nitrogen and oxygen atoms in total. The molecule has 4 rings (SSSR count). The van der Waals surface area contributed by atoms with Gasteiger partial charge in [0.15, 0.2) is 0 Å². The minimum atomic E-state index is 0.235. The zero-order valence-electron chi connectivity index (χ0n) is 12.8. The van der Waals surface area contributed by atoms with Gasteiger partial charge in [0, 0.05) is 28.6 Å². The van der Waals surface area contributed by atoms with E-state index in [1.165, 1.54) is 50.5 Å². The lowest BCUT2D eigenvalue weighted by molar-refractivity contribution is -0.0492. The second-order valence-electron chi connectivity index (χ2n) is 7.49. The number of rotatable bonds is 5. The fraction of sp³-hybridized carbons (Fsp3) is 0.667. The van der Waals surface area contributed by atoms with Crippen LogP contribution in [0, 0.1) is 5.41 Å². The van der Waals surface area contributed by atoms with Crippen molar-refractivity contribution in [3.8, 4) is 5.75 Å². The quantitative estimate of drug-likeness (QED) is 0.875. The van der Waals surface area contributed by atoms with Crippen LogP contribution in [-0.2, 0) is 5.41 Å². The van der Waals surface area contributed by atoms with Crippen LogP contribution in [0.1, 0.15) is 50.5 Å².